The minimum Gasteiger partial charge on any atom is -0.481 e. The van der Waals surface area contributed by atoms with Crippen molar-refractivity contribution in [2.75, 3.05) is 5.32 Å². The van der Waals surface area contributed by atoms with Crippen LogP contribution >= 0.6 is 15.9 Å². The highest BCUT2D eigenvalue weighted by Crippen LogP contribution is 2.44. The maximum Gasteiger partial charge on any atom is 0.307 e. The van der Waals surface area contributed by atoms with E-state index < -0.39 is 11.4 Å². The van der Waals surface area contributed by atoms with Crippen molar-refractivity contribution in [1.29, 1.82) is 0 Å². The van der Waals surface area contributed by atoms with Crippen LogP contribution in [0.15, 0.2) is 53.0 Å². The van der Waals surface area contributed by atoms with E-state index in [1.807, 2.05) is 24.3 Å². The molecule has 2 aromatic carbocycles. The summed E-state index contributed by atoms with van der Waals surface area (Å²) in [4.78, 5) is 23.7. The van der Waals surface area contributed by atoms with E-state index in [1.54, 1.807) is 24.3 Å². The van der Waals surface area contributed by atoms with Gasteiger partial charge in [0.15, 0.2) is 0 Å². The number of rotatable bonds is 5. The van der Waals surface area contributed by atoms with Crippen molar-refractivity contribution in [2.24, 2.45) is 0 Å². The first-order valence-electron chi connectivity index (χ1n) is 7.88. The van der Waals surface area contributed by atoms with Gasteiger partial charge in [0, 0.05) is 10.2 Å². The number of anilines is 1. The Bertz CT molecular complexity index is 766. The molecular weight excluding hydrogens is 370 g/mol. The molecule has 3 rings (SSSR count). The van der Waals surface area contributed by atoms with Crippen molar-refractivity contribution in [2.45, 2.75) is 31.1 Å². The maximum absolute atomic E-state index is 12.9. The number of aliphatic carboxylic acids is 1. The first-order valence-corrected chi connectivity index (χ1v) is 8.67. The van der Waals surface area contributed by atoms with Gasteiger partial charge in [-0.3, -0.25) is 9.59 Å². The SMILES string of the molecule is O=C(O)Cc1cccc(NC(=O)C2(c3ccc(Br)cc3)CCC2)c1. The molecule has 0 unspecified atom stereocenters. The maximum atomic E-state index is 12.9. The Morgan fingerprint density at radius 2 is 1.83 bits per heavy atom. The Morgan fingerprint density at radius 3 is 2.42 bits per heavy atom. The highest BCUT2D eigenvalue weighted by Gasteiger charge is 2.45. The van der Waals surface area contributed by atoms with Crippen LogP contribution in [0.25, 0.3) is 0 Å². The molecule has 0 spiro atoms. The Labute approximate surface area is 149 Å². The molecule has 4 nitrogen and oxygen atoms in total. The summed E-state index contributed by atoms with van der Waals surface area (Å²) in [5, 5.41) is 11.9. The molecule has 1 amide bonds. The fourth-order valence-electron chi connectivity index (χ4n) is 3.13. The zero-order valence-corrected chi connectivity index (χ0v) is 14.7. The van der Waals surface area contributed by atoms with E-state index in [0.29, 0.717) is 11.3 Å². The number of hydrogen-bond donors (Lipinski definition) is 2. The van der Waals surface area contributed by atoms with Crippen LogP contribution in [0.1, 0.15) is 30.4 Å². The van der Waals surface area contributed by atoms with E-state index >= 15 is 0 Å². The van der Waals surface area contributed by atoms with Gasteiger partial charge in [0.25, 0.3) is 0 Å². The number of carboxylic acid groups (broad SMARTS) is 1. The van der Waals surface area contributed by atoms with Crippen molar-refractivity contribution in [3.05, 3.63) is 64.1 Å². The summed E-state index contributed by atoms with van der Waals surface area (Å²) in [6.45, 7) is 0. The summed E-state index contributed by atoms with van der Waals surface area (Å²) < 4.78 is 0.988. The number of benzene rings is 2. The first kappa shape index (κ1) is 16.7. The standard InChI is InChI=1S/C19H18BrNO3/c20-15-7-5-14(6-8-15)19(9-2-10-19)18(24)21-16-4-1-3-13(11-16)12-17(22)23/h1,3-8,11H,2,9-10,12H2,(H,21,24)(H,22,23). The molecule has 24 heavy (non-hydrogen) atoms. The summed E-state index contributed by atoms with van der Waals surface area (Å²) in [6.07, 6.45) is 2.63. The fraction of sp³-hybridized carbons (Fsp3) is 0.263. The summed E-state index contributed by atoms with van der Waals surface area (Å²) in [5.74, 6) is -0.910. The number of carbonyl (C=O) groups is 2. The van der Waals surface area contributed by atoms with Crippen molar-refractivity contribution in [3.8, 4) is 0 Å². The fourth-order valence-corrected chi connectivity index (χ4v) is 3.39. The van der Waals surface area contributed by atoms with E-state index in [9.17, 15) is 9.59 Å². The van der Waals surface area contributed by atoms with Gasteiger partial charge < -0.3 is 10.4 Å². The first-order chi connectivity index (χ1) is 11.5. The monoisotopic (exact) mass is 387 g/mol. The Hall–Kier alpha value is -2.14. The molecule has 0 heterocycles. The lowest BCUT2D eigenvalue weighted by Crippen LogP contribution is -2.46. The van der Waals surface area contributed by atoms with Gasteiger partial charge in [-0.15, -0.1) is 0 Å². The van der Waals surface area contributed by atoms with E-state index in [1.165, 1.54) is 0 Å². The molecular formula is C19H18BrNO3. The zero-order chi connectivity index (χ0) is 17.2. The molecule has 124 valence electrons. The number of hydrogen-bond acceptors (Lipinski definition) is 2. The lowest BCUT2D eigenvalue weighted by atomic mass is 9.64. The van der Waals surface area contributed by atoms with Gasteiger partial charge in [0.05, 0.1) is 11.8 Å². The predicted octanol–water partition coefficient (Wildman–Crippen LogP) is 4.14. The van der Waals surface area contributed by atoms with E-state index in [4.69, 9.17) is 5.11 Å². The predicted molar refractivity (Wildman–Crippen MR) is 96.1 cm³/mol. The molecule has 2 aromatic rings. The van der Waals surface area contributed by atoms with Crippen LogP contribution < -0.4 is 5.32 Å². The number of nitrogens with one attached hydrogen (secondary N) is 1. The van der Waals surface area contributed by atoms with E-state index in [-0.39, 0.29) is 12.3 Å². The topological polar surface area (TPSA) is 66.4 Å². The average molecular weight is 388 g/mol. The third-order valence-electron chi connectivity index (χ3n) is 4.58. The van der Waals surface area contributed by atoms with Gasteiger partial charge in [-0.1, -0.05) is 46.6 Å². The van der Waals surface area contributed by atoms with Crippen LogP contribution in [0, 0.1) is 0 Å². The van der Waals surface area contributed by atoms with Crippen molar-refractivity contribution >= 4 is 33.5 Å². The third-order valence-corrected chi connectivity index (χ3v) is 5.11. The highest BCUT2D eigenvalue weighted by molar-refractivity contribution is 9.10. The lowest BCUT2D eigenvalue weighted by molar-refractivity contribution is -0.136. The van der Waals surface area contributed by atoms with Crippen LogP contribution in [0.2, 0.25) is 0 Å². The van der Waals surface area contributed by atoms with Crippen LogP contribution in [-0.4, -0.2) is 17.0 Å². The van der Waals surface area contributed by atoms with Crippen LogP contribution in [0.3, 0.4) is 0 Å². The number of carboxylic acids is 1. The molecule has 1 aliphatic rings. The normalized spacial score (nSPS) is 15.4. The zero-order valence-electron chi connectivity index (χ0n) is 13.1. The van der Waals surface area contributed by atoms with E-state index in [2.05, 4.69) is 21.2 Å². The van der Waals surface area contributed by atoms with Crippen LogP contribution in [0.5, 0.6) is 0 Å². The smallest absolute Gasteiger partial charge is 0.307 e. The summed E-state index contributed by atoms with van der Waals surface area (Å²) >= 11 is 3.42. The van der Waals surface area contributed by atoms with Crippen molar-refractivity contribution in [3.63, 3.8) is 0 Å². The second-order valence-corrected chi connectivity index (χ2v) is 7.08. The summed E-state index contributed by atoms with van der Waals surface area (Å²) in [7, 11) is 0. The van der Waals surface area contributed by atoms with Gasteiger partial charge in [-0.25, -0.2) is 0 Å². The van der Waals surface area contributed by atoms with Crippen molar-refractivity contribution in [1.82, 2.24) is 0 Å². The Morgan fingerprint density at radius 1 is 1.12 bits per heavy atom. The molecule has 0 radical (unpaired) electrons. The molecule has 1 aliphatic carbocycles. The third kappa shape index (κ3) is 3.36. The summed E-state index contributed by atoms with van der Waals surface area (Å²) in [5.41, 5.74) is 1.86. The van der Waals surface area contributed by atoms with Gasteiger partial charge in [0.1, 0.15) is 0 Å². The average Bonchev–Trinajstić information content (AvgIpc) is 2.47. The van der Waals surface area contributed by atoms with Gasteiger partial charge >= 0.3 is 5.97 Å². The number of carbonyl (C=O) groups excluding carboxylic acids is 1. The second kappa shape index (κ2) is 6.77. The van der Waals surface area contributed by atoms with Crippen LogP contribution in [-0.2, 0) is 21.4 Å². The molecule has 5 heteroatoms. The Balaban J connectivity index is 1.80. The molecule has 0 saturated heterocycles. The largest absolute Gasteiger partial charge is 0.481 e. The number of amides is 1. The lowest BCUT2D eigenvalue weighted by Gasteiger charge is -2.40. The van der Waals surface area contributed by atoms with Gasteiger partial charge in [-0.2, -0.15) is 0 Å². The van der Waals surface area contributed by atoms with Gasteiger partial charge in [0.2, 0.25) is 5.91 Å². The van der Waals surface area contributed by atoms with Crippen LogP contribution in [0.4, 0.5) is 5.69 Å². The molecule has 0 bridgehead atoms. The summed E-state index contributed by atoms with van der Waals surface area (Å²) in [6, 6.07) is 14.9. The number of halogens is 1. The van der Waals surface area contributed by atoms with Gasteiger partial charge in [-0.05, 0) is 48.2 Å². The molecule has 1 fully saturated rings. The molecule has 0 aliphatic heterocycles. The minimum atomic E-state index is -0.885. The molecule has 0 aromatic heterocycles. The second-order valence-electron chi connectivity index (χ2n) is 6.17. The quantitative estimate of drug-likeness (QED) is 0.809. The minimum absolute atomic E-state index is 0.0245. The molecule has 0 atom stereocenters. The molecule has 1 saturated carbocycles. The van der Waals surface area contributed by atoms with Crippen molar-refractivity contribution < 1.29 is 14.7 Å². The Kier molecular flexibility index (Phi) is 4.71. The molecule has 2 N–H and O–H groups in total. The highest BCUT2D eigenvalue weighted by atomic mass is 79.9. The van der Waals surface area contributed by atoms with E-state index in [0.717, 1.165) is 29.3 Å².